The van der Waals surface area contributed by atoms with Gasteiger partial charge in [0.2, 0.25) is 5.82 Å². The second-order valence-corrected chi connectivity index (χ2v) is 3.73. The summed E-state index contributed by atoms with van der Waals surface area (Å²) in [7, 11) is 3.02. The number of hydrogen-bond donors (Lipinski definition) is 2. The summed E-state index contributed by atoms with van der Waals surface area (Å²) < 4.78 is 6.21. The molecule has 0 amide bonds. The third-order valence-corrected chi connectivity index (χ3v) is 2.46. The molecule has 0 spiro atoms. The Morgan fingerprint density at radius 3 is 2.42 bits per heavy atom. The van der Waals surface area contributed by atoms with E-state index < -0.39 is 5.91 Å². The molecular weight excluding hydrogens is 242 g/mol. The lowest BCUT2D eigenvalue weighted by atomic mass is 10.1. The molecule has 0 aliphatic heterocycles. The summed E-state index contributed by atoms with van der Waals surface area (Å²) in [6, 6.07) is 0. The number of aliphatic imine (C=N–C) groups is 1. The van der Waals surface area contributed by atoms with Crippen molar-refractivity contribution in [3.05, 3.63) is 48.9 Å². The van der Waals surface area contributed by atoms with Gasteiger partial charge in [-0.2, -0.15) is 4.58 Å². The van der Waals surface area contributed by atoms with Crippen molar-refractivity contribution in [3.63, 3.8) is 0 Å². The van der Waals surface area contributed by atoms with Crippen LogP contribution in [0.4, 0.5) is 0 Å². The third kappa shape index (κ3) is 4.31. The predicted molar refractivity (Wildman–Crippen MR) is 79.1 cm³/mol. The molecule has 5 nitrogen and oxygen atoms in total. The van der Waals surface area contributed by atoms with E-state index in [4.69, 9.17) is 4.74 Å². The molecule has 0 bridgehead atoms. The summed E-state index contributed by atoms with van der Waals surface area (Å²) in [5, 5.41) is 13.2. The second kappa shape index (κ2) is 7.45. The first-order valence-electron chi connectivity index (χ1n) is 5.63. The molecule has 19 heavy (non-hydrogen) atoms. The summed E-state index contributed by atoms with van der Waals surface area (Å²) in [6.45, 7) is 16.7. The molecule has 5 heteroatoms. The first-order valence-corrected chi connectivity index (χ1v) is 5.63. The van der Waals surface area contributed by atoms with Crippen molar-refractivity contribution in [3.8, 4) is 0 Å². The largest absolute Gasteiger partial charge is 0.353 e. The average Bonchev–Trinajstić information content (AvgIpc) is 2.42. The van der Waals surface area contributed by atoms with Gasteiger partial charge in [0, 0.05) is 14.2 Å². The first-order chi connectivity index (χ1) is 8.83. The van der Waals surface area contributed by atoms with Crippen molar-refractivity contribution < 1.29 is 14.4 Å². The summed E-state index contributed by atoms with van der Waals surface area (Å²) in [5.74, 6) is -1.40. The molecule has 2 N–H and O–H groups in total. The lowest BCUT2D eigenvalue weighted by Crippen LogP contribution is -2.45. The topological polar surface area (TPSA) is 56.9 Å². The van der Waals surface area contributed by atoms with Crippen molar-refractivity contribution in [2.24, 2.45) is 4.99 Å². The molecule has 0 rings (SSSR count). The van der Waals surface area contributed by atoms with Crippen LogP contribution in [0.1, 0.15) is 6.92 Å². The zero-order chi connectivity index (χ0) is 15.1. The van der Waals surface area contributed by atoms with Crippen LogP contribution < -0.4 is 5.32 Å². The number of hydrogen-bond acceptors (Lipinski definition) is 4. The fraction of sp³-hybridized carbons (Fsp3) is 0.286. The number of ether oxygens (including phenoxy) is 1. The van der Waals surface area contributed by atoms with E-state index in [2.05, 4.69) is 36.8 Å². The van der Waals surface area contributed by atoms with E-state index in [0.29, 0.717) is 11.4 Å². The fourth-order valence-corrected chi connectivity index (χ4v) is 1.21. The van der Waals surface area contributed by atoms with E-state index >= 15 is 0 Å². The third-order valence-electron chi connectivity index (χ3n) is 2.46. The van der Waals surface area contributed by atoms with E-state index in [0.717, 1.165) is 4.58 Å². The molecule has 0 saturated carbocycles. The maximum absolute atomic E-state index is 10.4. The Labute approximate surface area is 114 Å². The lowest BCUT2D eigenvalue weighted by Gasteiger charge is -2.25. The summed E-state index contributed by atoms with van der Waals surface area (Å²) in [5.41, 5.74) is 0.797. The normalized spacial score (nSPS) is 14.3. The number of rotatable bonds is 8. The van der Waals surface area contributed by atoms with E-state index in [-0.39, 0.29) is 5.57 Å². The smallest absolute Gasteiger partial charge is 0.352 e. The van der Waals surface area contributed by atoms with Crippen LogP contribution >= 0.6 is 0 Å². The summed E-state index contributed by atoms with van der Waals surface area (Å²) in [4.78, 5) is 3.95. The molecule has 0 aromatic carbocycles. The maximum Gasteiger partial charge on any atom is 0.352 e. The highest BCUT2D eigenvalue weighted by molar-refractivity contribution is 5.52. The standard InChI is InChI=1S/C14H22N3O2/c1-8-9-11(2)12(3)14(18,19-7)17(6)10-16-13(4)15-5/h8-10,15,18H,2-4,6H2,1,5,7H3/q+1/b9-8-,16-10?. The Morgan fingerprint density at radius 2 is 2.00 bits per heavy atom. The van der Waals surface area contributed by atoms with Gasteiger partial charge in [0.15, 0.2) is 0 Å². The molecule has 0 fully saturated rings. The summed E-state index contributed by atoms with van der Waals surface area (Å²) >= 11 is 0. The second-order valence-electron chi connectivity index (χ2n) is 3.73. The van der Waals surface area contributed by atoms with Crippen LogP contribution in [-0.2, 0) is 4.74 Å². The number of nitrogens with one attached hydrogen (secondary N) is 1. The highest BCUT2D eigenvalue weighted by atomic mass is 16.6. The predicted octanol–water partition coefficient (Wildman–Crippen LogP) is 1.40. The van der Waals surface area contributed by atoms with Crippen LogP contribution in [0.2, 0.25) is 0 Å². The van der Waals surface area contributed by atoms with Crippen LogP contribution in [0.5, 0.6) is 0 Å². The Balaban J connectivity index is 5.21. The van der Waals surface area contributed by atoms with Gasteiger partial charge in [-0.3, -0.25) is 0 Å². The van der Waals surface area contributed by atoms with Crippen molar-refractivity contribution in [2.75, 3.05) is 14.2 Å². The van der Waals surface area contributed by atoms with Crippen molar-refractivity contribution in [1.29, 1.82) is 0 Å². The number of allylic oxidation sites excluding steroid dienone is 2. The first kappa shape index (κ1) is 17.0. The minimum atomic E-state index is -1.83. The van der Waals surface area contributed by atoms with Gasteiger partial charge >= 0.3 is 5.91 Å². The molecule has 0 aliphatic rings. The molecule has 0 aromatic heterocycles. The number of methoxy groups -OCH3 is 1. The van der Waals surface area contributed by atoms with Gasteiger partial charge in [0.25, 0.3) is 6.34 Å². The molecule has 0 saturated heterocycles. The lowest BCUT2D eigenvalue weighted by molar-refractivity contribution is -0.611. The molecule has 0 heterocycles. The minimum Gasteiger partial charge on any atom is -0.353 e. The van der Waals surface area contributed by atoms with Gasteiger partial charge in [-0.25, -0.2) is 0 Å². The van der Waals surface area contributed by atoms with Crippen molar-refractivity contribution >= 4 is 13.1 Å². The zero-order valence-electron chi connectivity index (χ0n) is 11.8. The van der Waals surface area contributed by atoms with Crippen LogP contribution in [0.25, 0.3) is 0 Å². The van der Waals surface area contributed by atoms with E-state index in [1.54, 1.807) is 19.2 Å². The Kier molecular flexibility index (Phi) is 6.68. The minimum absolute atomic E-state index is 0.268. The van der Waals surface area contributed by atoms with Gasteiger partial charge in [-0.1, -0.05) is 25.3 Å². The molecule has 104 valence electrons. The maximum atomic E-state index is 10.4. The highest BCUT2D eigenvalue weighted by Crippen LogP contribution is 2.23. The fourth-order valence-electron chi connectivity index (χ4n) is 1.21. The number of aliphatic hydroxyl groups is 1. The molecule has 0 radical (unpaired) electrons. The van der Waals surface area contributed by atoms with Gasteiger partial charge < -0.3 is 15.2 Å². The SMILES string of the molecule is C=C(N=C[N+](=C)C(O)(OC)C(=C)C(=C)/C=C\C)NC. The molecule has 1 unspecified atom stereocenters. The Bertz CT molecular complexity index is 450. The zero-order valence-corrected chi connectivity index (χ0v) is 11.8. The van der Waals surface area contributed by atoms with E-state index in [1.807, 2.05) is 6.92 Å². The highest BCUT2D eigenvalue weighted by Gasteiger charge is 2.38. The monoisotopic (exact) mass is 264 g/mol. The van der Waals surface area contributed by atoms with Crippen LogP contribution in [-0.4, -0.2) is 42.8 Å². The van der Waals surface area contributed by atoms with Crippen LogP contribution in [0.15, 0.2) is 53.8 Å². The molecule has 0 aliphatic carbocycles. The summed E-state index contributed by atoms with van der Waals surface area (Å²) in [6.07, 6.45) is 4.79. The van der Waals surface area contributed by atoms with Crippen molar-refractivity contribution in [1.82, 2.24) is 5.32 Å². The van der Waals surface area contributed by atoms with E-state index in [1.165, 1.54) is 13.4 Å². The van der Waals surface area contributed by atoms with Gasteiger partial charge in [-0.15, -0.1) is 0 Å². The van der Waals surface area contributed by atoms with Crippen molar-refractivity contribution in [2.45, 2.75) is 12.8 Å². The van der Waals surface area contributed by atoms with Crippen LogP contribution in [0, 0.1) is 0 Å². The Hall–Kier alpha value is -1.98. The molecule has 1 atom stereocenters. The van der Waals surface area contributed by atoms with Gasteiger partial charge in [0.05, 0.1) is 12.3 Å². The molecule has 0 aromatic rings. The Morgan fingerprint density at radius 1 is 1.42 bits per heavy atom. The van der Waals surface area contributed by atoms with Crippen LogP contribution in [0.3, 0.4) is 0 Å². The quantitative estimate of drug-likeness (QED) is 0.229. The van der Waals surface area contributed by atoms with Gasteiger partial charge in [-0.05, 0) is 24.1 Å². The van der Waals surface area contributed by atoms with E-state index in [9.17, 15) is 5.11 Å². The molecular formula is C14H22N3O2+. The van der Waals surface area contributed by atoms with Gasteiger partial charge in [0.1, 0.15) is 0 Å². The average molecular weight is 264 g/mol. The number of nitrogens with zero attached hydrogens (tertiary/aromatic N) is 2.